The van der Waals surface area contributed by atoms with Crippen molar-refractivity contribution in [3.8, 4) is 0 Å². The summed E-state index contributed by atoms with van der Waals surface area (Å²) in [7, 11) is -3.85. The van der Waals surface area contributed by atoms with Crippen molar-refractivity contribution in [1.29, 1.82) is 0 Å². The second kappa shape index (κ2) is 5.51. The number of hydrogen-bond donors (Lipinski definition) is 0. The van der Waals surface area contributed by atoms with Crippen LogP contribution >= 0.6 is 46.4 Å². The van der Waals surface area contributed by atoms with Crippen LogP contribution in [-0.2, 0) is 9.84 Å². The lowest BCUT2D eigenvalue weighted by atomic mass is 10.3. The lowest BCUT2D eigenvalue weighted by Crippen LogP contribution is -2.03. The van der Waals surface area contributed by atoms with E-state index in [1.165, 1.54) is 24.3 Å². The molecule has 0 atom stereocenters. The molecule has 0 bridgehead atoms. The number of sulfone groups is 1. The highest BCUT2D eigenvalue weighted by Crippen LogP contribution is 2.38. The first-order chi connectivity index (χ1) is 8.85. The first-order valence-corrected chi connectivity index (χ1v) is 7.98. The highest BCUT2D eigenvalue weighted by molar-refractivity contribution is 7.91. The molecule has 0 saturated carbocycles. The van der Waals surface area contributed by atoms with Gasteiger partial charge in [-0.05, 0) is 24.3 Å². The summed E-state index contributed by atoms with van der Waals surface area (Å²) >= 11 is 23.5. The molecule has 0 aliphatic heterocycles. The van der Waals surface area contributed by atoms with Gasteiger partial charge >= 0.3 is 0 Å². The van der Waals surface area contributed by atoms with Crippen molar-refractivity contribution in [1.82, 2.24) is 0 Å². The van der Waals surface area contributed by atoms with Crippen molar-refractivity contribution in [2.75, 3.05) is 0 Å². The van der Waals surface area contributed by atoms with Crippen LogP contribution in [0.25, 0.3) is 0 Å². The third kappa shape index (κ3) is 2.71. The number of benzene rings is 2. The summed E-state index contributed by atoms with van der Waals surface area (Å²) in [5, 5.41) is 0.181. The average molecular weight is 356 g/mol. The summed E-state index contributed by atoms with van der Waals surface area (Å²) in [4.78, 5) is -0.159. The van der Waals surface area contributed by atoms with Gasteiger partial charge in [-0.3, -0.25) is 0 Å². The molecule has 0 heterocycles. The van der Waals surface area contributed by atoms with E-state index in [-0.39, 0.29) is 29.9 Å². The fraction of sp³-hybridized carbons (Fsp3) is 0. The summed E-state index contributed by atoms with van der Waals surface area (Å²) in [6, 6.07) is 8.77. The van der Waals surface area contributed by atoms with Gasteiger partial charge in [0.05, 0.1) is 29.9 Å². The molecule has 7 heteroatoms. The minimum Gasteiger partial charge on any atom is -0.218 e. The van der Waals surface area contributed by atoms with Crippen molar-refractivity contribution < 1.29 is 8.42 Å². The van der Waals surface area contributed by atoms with E-state index < -0.39 is 9.84 Å². The smallest absolute Gasteiger partial charge is 0.209 e. The zero-order valence-electron chi connectivity index (χ0n) is 9.20. The fourth-order valence-electron chi connectivity index (χ4n) is 1.50. The zero-order valence-corrected chi connectivity index (χ0v) is 13.0. The topological polar surface area (TPSA) is 34.1 Å². The second-order valence-electron chi connectivity index (χ2n) is 3.61. The Morgan fingerprint density at radius 1 is 0.684 bits per heavy atom. The van der Waals surface area contributed by atoms with E-state index in [0.29, 0.717) is 0 Å². The molecule has 0 aliphatic carbocycles. The third-order valence-corrected chi connectivity index (χ3v) is 6.12. The maximum Gasteiger partial charge on any atom is 0.209 e. The Hall–Kier alpha value is -0.450. The Bertz CT molecular complexity index is 741. The average Bonchev–Trinajstić information content (AvgIpc) is 2.36. The van der Waals surface area contributed by atoms with Crippen LogP contribution in [0.4, 0.5) is 0 Å². The van der Waals surface area contributed by atoms with Crippen LogP contribution in [0.15, 0.2) is 46.2 Å². The molecule has 2 aromatic carbocycles. The maximum atomic E-state index is 12.5. The Morgan fingerprint density at radius 3 is 1.95 bits per heavy atom. The molecule has 0 aromatic heterocycles. The van der Waals surface area contributed by atoms with Crippen LogP contribution in [0.5, 0.6) is 0 Å². The molecule has 0 radical (unpaired) electrons. The minimum absolute atomic E-state index is 0.00328. The number of rotatable bonds is 2. The van der Waals surface area contributed by atoms with Gasteiger partial charge in [-0.2, -0.15) is 0 Å². The predicted molar refractivity (Wildman–Crippen MR) is 78.4 cm³/mol. The van der Waals surface area contributed by atoms with E-state index in [1.807, 2.05) is 0 Å². The monoisotopic (exact) mass is 354 g/mol. The molecule has 2 aromatic rings. The van der Waals surface area contributed by atoms with Gasteiger partial charge in [-0.25, -0.2) is 8.42 Å². The van der Waals surface area contributed by atoms with Crippen LogP contribution < -0.4 is 0 Å². The summed E-state index contributed by atoms with van der Waals surface area (Å²) in [5.41, 5.74) is 0. The molecule has 0 amide bonds. The van der Waals surface area contributed by atoms with Crippen LogP contribution in [0.3, 0.4) is 0 Å². The molecule has 0 saturated heterocycles. The maximum absolute atomic E-state index is 12.5. The summed E-state index contributed by atoms with van der Waals surface area (Å²) < 4.78 is 24.9. The fourth-order valence-corrected chi connectivity index (χ4v) is 4.24. The van der Waals surface area contributed by atoms with Gasteiger partial charge in [-0.1, -0.05) is 58.5 Å². The van der Waals surface area contributed by atoms with Crippen LogP contribution in [-0.4, -0.2) is 8.42 Å². The van der Waals surface area contributed by atoms with E-state index in [2.05, 4.69) is 0 Å². The van der Waals surface area contributed by atoms with Crippen molar-refractivity contribution >= 4 is 56.2 Å². The van der Waals surface area contributed by atoms with Crippen molar-refractivity contribution in [2.24, 2.45) is 0 Å². The van der Waals surface area contributed by atoms with Gasteiger partial charge in [0, 0.05) is 0 Å². The van der Waals surface area contributed by atoms with Crippen LogP contribution in [0, 0.1) is 0 Å². The van der Waals surface area contributed by atoms with Crippen molar-refractivity contribution in [3.05, 3.63) is 56.5 Å². The van der Waals surface area contributed by atoms with E-state index in [9.17, 15) is 8.42 Å². The van der Waals surface area contributed by atoms with Crippen LogP contribution in [0.1, 0.15) is 0 Å². The highest BCUT2D eigenvalue weighted by atomic mass is 35.5. The quantitative estimate of drug-likeness (QED) is 0.699. The van der Waals surface area contributed by atoms with Gasteiger partial charge in [0.15, 0.2) is 0 Å². The lowest BCUT2D eigenvalue weighted by molar-refractivity contribution is 0.596. The molecule has 2 nitrogen and oxygen atoms in total. The summed E-state index contributed by atoms with van der Waals surface area (Å²) in [6.45, 7) is 0. The van der Waals surface area contributed by atoms with Crippen LogP contribution in [0.2, 0.25) is 20.1 Å². The first-order valence-electron chi connectivity index (χ1n) is 4.99. The standard InChI is InChI=1S/C12H6Cl4O2S/c13-7-3-1-2-4-9(7)19(17,18)10-6-5-8(14)11(15)12(10)16/h1-6H. The molecule has 0 unspecified atom stereocenters. The molecule has 0 N–H and O–H groups in total. The Balaban J connectivity index is 2.72. The molecule has 0 aliphatic rings. The molecule has 0 spiro atoms. The summed E-state index contributed by atoms with van der Waals surface area (Å²) in [6.07, 6.45) is 0. The summed E-state index contributed by atoms with van der Waals surface area (Å²) in [5.74, 6) is 0. The van der Waals surface area contributed by atoms with Gasteiger partial charge in [0.2, 0.25) is 9.84 Å². The predicted octanol–water partition coefficient (Wildman–Crippen LogP) is 5.13. The van der Waals surface area contributed by atoms with Gasteiger partial charge in [-0.15, -0.1) is 0 Å². The SMILES string of the molecule is O=S(=O)(c1ccccc1Cl)c1ccc(Cl)c(Cl)c1Cl. The Morgan fingerprint density at radius 2 is 1.32 bits per heavy atom. The third-order valence-electron chi connectivity index (χ3n) is 2.42. The molecule has 2 rings (SSSR count). The normalized spacial score (nSPS) is 11.6. The first kappa shape index (κ1) is 14.9. The zero-order chi connectivity index (χ0) is 14.2. The largest absolute Gasteiger partial charge is 0.218 e. The lowest BCUT2D eigenvalue weighted by Gasteiger charge is -2.09. The van der Waals surface area contributed by atoms with Gasteiger partial charge < -0.3 is 0 Å². The van der Waals surface area contributed by atoms with E-state index >= 15 is 0 Å². The van der Waals surface area contributed by atoms with E-state index in [0.717, 1.165) is 0 Å². The van der Waals surface area contributed by atoms with Crippen molar-refractivity contribution in [2.45, 2.75) is 9.79 Å². The second-order valence-corrected chi connectivity index (χ2v) is 7.06. The Kier molecular flexibility index (Phi) is 4.33. The van der Waals surface area contributed by atoms with E-state index in [4.69, 9.17) is 46.4 Å². The van der Waals surface area contributed by atoms with E-state index in [1.54, 1.807) is 12.1 Å². The number of halogens is 4. The molecule has 0 fully saturated rings. The Labute approximate surface area is 130 Å². The molecular formula is C12H6Cl4O2S. The molecule has 100 valence electrons. The molecular weight excluding hydrogens is 350 g/mol. The highest BCUT2D eigenvalue weighted by Gasteiger charge is 2.25. The van der Waals surface area contributed by atoms with Gasteiger partial charge in [0.1, 0.15) is 0 Å². The number of hydrogen-bond acceptors (Lipinski definition) is 2. The minimum atomic E-state index is -3.85. The van der Waals surface area contributed by atoms with Crippen molar-refractivity contribution in [3.63, 3.8) is 0 Å². The van der Waals surface area contributed by atoms with Gasteiger partial charge in [0.25, 0.3) is 0 Å². The molecule has 19 heavy (non-hydrogen) atoms.